The molecule has 1 N–H and O–H groups in total. The van der Waals surface area contributed by atoms with Gasteiger partial charge in [-0.1, -0.05) is 18.2 Å². The van der Waals surface area contributed by atoms with Gasteiger partial charge in [-0.05, 0) is 49.2 Å². The molecule has 0 amide bonds. The van der Waals surface area contributed by atoms with Gasteiger partial charge in [-0.25, -0.2) is 8.42 Å². The lowest BCUT2D eigenvalue weighted by molar-refractivity contribution is -0.385. The molecule has 0 aliphatic rings. The molecule has 0 aliphatic heterocycles. The van der Waals surface area contributed by atoms with E-state index in [1.807, 2.05) is 0 Å². The summed E-state index contributed by atoms with van der Waals surface area (Å²) in [7, 11) is -3.94. The van der Waals surface area contributed by atoms with Crippen molar-refractivity contribution in [2.24, 2.45) is 0 Å². The summed E-state index contributed by atoms with van der Waals surface area (Å²) in [6.07, 6.45) is 0. The third-order valence-electron chi connectivity index (χ3n) is 4.15. The van der Waals surface area contributed by atoms with E-state index in [1.54, 1.807) is 32.0 Å². The molecule has 0 atom stereocenters. The highest BCUT2D eigenvalue weighted by atomic mass is 32.2. The van der Waals surface area contributed by atoms with Crippen LogP contribution < -0.4 is 4.74 Å². The topological polar surface area (TPSA) is 107 Å². The highest BCUT2D eigenvalue weighted by Gasteiger charge is 2.23. The van der Waals surface area contributed by atoms with E-state index >= 15 is 0 Å². The Morgan fingerprint density at radius 2 is 1.57 bits per heavy atom. The normalized spacial score (nSPS) is 11.2. The van der Waals surface area contributed by atoms with Gasteiger partial charge in [0.15, 0.2) is 0 Å². The van der Waals surface area contributed by atoms with Gasteiger partial charge in [0, 0.05) is 18.2 Å². The minimum atomic E-state index is -3.94. The predicted molar refractivity (Wildman–Crippen MR) is 103 cm³/mol. The number of aromatic hydroxyl groups is 1. The number of ether oxygens (including phenoxy) is 1. The number of sulfone groups is 1. The summed E-state index contributed by atoms with van der Waals surface area (Å²) in [6.45, 7) is 3.33. The molecule has 0 saturated carbocycles. The van der Waals surface area contributed by atoms with Crippen molar-refractivity contribution in [1.29, 1.82) is 0 Å². The summed E-state index contributed by atoms with van der Waals surface area (Å²) >= 11 is 0. The second-order valence-corrected chi connectivity index (χ2v) is 8.13. The fourth-order valence-corrected chi connectivity index (χ4v) is 4.20. The molecule has 144 valence electrons. The van der Waals surface area contributed by atoms with E-state index in [2.05, 4.69) is 0 Å². The molecule has 0 radical (unpaired) electrons. The standard InChI is InChI=1S/C20H17NO6S/c1-13-10-15(21(23)24)11-14(2)20(13)27-16-8-9-18(22)19(12-16)28(25,26)17-6-4-3-5-7-17/h3-12,22H,1-2H3. The van der Waals surface area contributed by atoms with Gasteiger partial charge in [0.2, 0.25) is 9.84 Å². The lowest BCUT2D eigenvalue weighted by Gasteiger charge is -2.13. The average Bonchev–Trinajstić information content (AvgIpc) is 2.66. The van der Waals surface area contributed by atoms with Crippen LogP contribution in [0.3, 0.4) is 0 Å². The molecule has 0 spiro atoms. The number of hydrogen-bond donors (Lipinski definition) is 1. The number of hydrogen-bond acceptors (Lipinski definition) is 6. The third-order valence-corrected chi connectivity index (χ3v) is 5.95. The zero-order chi connectivity index (χ0) is 20.5. The largest absolute Gasteiger partial charge is 0.507 e. The Morgan fingerprint density at radius 3 is 2.14 bits per heavy atom. The lowest BCUT2D eigenvalue weighted by Crippen LogP contribution is -2.03. The van der Waals surface area contributed by atoms with Gasteiger partial charge in [0.1, 0.15) is 22.1 Å². The zero-order valence-electron chi connectivity index (χ0n) is 15.1. The molecule has 0 heterocycles. The Hall–Kier alpha value is -3.39. The highest BCUT2D eigenvalue weighted by Crippen LogP contribution is 2.36. The van der Waals surface area contributed by atoms with Crippen LogP contribution in [0.25, 0.3) is 0 Å². The monoisotopic (exact) mass is 399 g/mol. The quantitative estimate of drug-likeness (QED) is 0.498. The molecule has 0 unspecified atom stereocenters. The molecule has 3 aromatic carbocycles. The second-order valence-electron chi connectivity index (χ2n) is 6.21. The van der Waals surface area contributed by atoms with Gasteiger partial charge in [0.25, 0.3) is 5.69 Å². The van der Waals surface area contributed by atoms with Crippen LogP contribution in [-0.2, 0) is 9.84 Å². The van der Waals surface area contributed by atoms with Crippen molar-refractivity contribution in [2.75, 3.05) is 0 Å². The summed E-state index contributed by atoms with van der Waals surface area (Å²) in [5.41, 5.74) is 1.01. The summed E-state index contributed by atoms with van der Waals surface area (Å²) in [6, 6.07) is 14.4. The first-order valence-electron chi connectivity index (χ1n) is 8.27. The van der Waals surface area contributed by atoms with Crippen molar-refractivity contribution >= 4 is 15.5 Å². The van der Waals surface area contributed by atoms with Crippen LogP contribution in [-0.4, -0.2) is 18.4 Å². The van der Waals surface area contributed by atoms with Gasteiger partial charge in [-0.2, -0.15) is 0 Å². The molecule has 28 heavy (non-hydrogen) atoms. The second kappa shape index (κ2) is 7.32. The Bertz CT molecular complexity index is 1130. The lowest BCUT2D eigenvalue weighted by atomic mass is 10.1. The molecular weight excluding hydrogens is 382 g/mol. The summed E-state index contributed by atoms with van der Waals surface area (Å²) in [5.74, 6) is 0.181. The van der Waals surface area contributed by atoms with Crippen molar-refractivity contribution in [3.8, 4) is 17.2 Å². The Balaban J connectivity index is 2.03. The van der Waals surface area contributed by atoms with Gasteiger partial charge in [-0.15, -0.1) is 0 Å². The Morgan fingerprint density at radius 1 is 0.964 bits per heavy atom. The third kappa shape index (κ3) is 3.67. The van der Waals surface area contributed by atoms with Gasteiger partial charge in [-0.3, -0.25) is 10.1 Å². The van der Waals surface area contributed by atoms with Crippen LogP contribution in [0.1, 0.15) is 11.1 Å². The van der Waals surface area contributed by atoms with Crippen molar-refractivity contribution in [3.63, 3.8) is 0 Å². The van der Waals surface area contributed by atoms with E-state index in [9.17, 15) is 23.6 Å². The van der Waals surface area contributed by atoms with Crippen LogP contribution in [0.2, 0.25) is 0 Å². The van der Waals surface area contributed by atoms with Crippen molar-refractivity contribution in [3.05, 3.63) is 81.9 Å². The van der Waals surface area contributed by atoms with E-state index in [0.717, 1.165) is 0 Å². The summed E-state index contributed by atoms with van der Waals surface area (Å²) < 4.78 is 31.4. The molecule has 0 aromatic heterocycles. The summed E-state index contributed by atoms with van der Waals surface area (Å²) in [4.78, 5) is 10.2. The number of nitro groups is 1. The molecule has 3 rings (SSSR count). The van der Waals surface area contributed by atoms with Crippen LogP contribution in [0.15, 0.2) is 70.5 Å². The average molecular weight is 399 g/mol. The maximum absolute atomic E-state index is 12.8. The number of rotatable bonds is 5. The molecule has 0 fully saturated rings. The maximum Gasteiger partial charge on any atom is 0.270 e. The minimum Gasteiger partial charge on any atom is -0.507 e. The SMILES string of the molecule is Cc1cc([N+](=O)[O-])cc(C)c1Oc1ccc(O)c(S(=O)(=O)c2ccccc2)c1. The maximum atomic E-state index is 12.8. The van der Waals surface area contributed by atoms with Crippen LogP contribution >= 0.6 is 0 Å². The van der Waals surface area contributed by atoms with Crippen molar-refractivity contribution in [2.45, 2.75) is 23.6 Å². The zero-order valence-corrected chi connectivity index (χ0v) is 15.9. The highest BCUT2D eigenvalue weighted by molar-refractivity contribution is 7.91. The molecule has 7 nitrogen and oxygen atoms in total. The van der Waals surface area contributed by atoms with Crippen LogP contribution in [0.5, 0.6) is 17.2 Å². The van der Waals surface area contributed by atoms with Crippen molar-refractivity contribution < 1.29 is 23.2 Å². The van der Waals surface area contributed by atoms with Crippen LogP contribution in [0.4, 0.5) is 5.69 Å². The number of benzene rings is 3. The molecule has 0 aliphatic carbocycles. The minimum absolute atomic E-state index is 0.0464. The van der Waals surface area contributed by atoms with Gasteiger partial charge < -0.3 is 9.84 Å². The number of phenolic OH excluding ortho intramolecular Hbond substituents is 1. The van der Waals surface area contributed by atoms with Gasteiger partial charge in [0.05, 0.1) is 9.82 Å². The number of non-ortho nitro benzene ring substituents is 1. The number of nitro benzene ring substituents is 1. The first-order chi connectivity index (χ1) is 13.2. The smallest absolute Gasteiger partial charge is 0.270 e. The van der Waals surface area contributed by atoms with Crippen molar-refractivity contribution in [1.82, 2.24) is 0 Å². The van der Waals surface area contributed by atoms with E-state index in [-0.39, 0.29) is 21.2 Å². The first-order valence-corrected chi connectivity index (χ1v) is 9.75. The molecule has 3 aromatic rings. The summed E-state index contributed by atoms with van der Waals surface area (Å²) in [5, 5.41) is 21.1. The molecule has 8 heteroatoms. The molecular formula is C20H17NO6S. The number of nitrogens with zero attached hydrogens (tertiary/aromatic N) is 1. The van der Waals surface area contributed by atoms with E-state index in [1.165, 1.54) is 42.5 Å². The van der Waals surface area contributed by atoms with Gasteiger partial charge >= 0.3 is 0 Å². The molecule has 0 saturated heterocycles. The van der Waals surface area contributed by atoms with E-state index in [0.29, 0.717) is 16.9 Å². The fourth-order valence-electron chi connectivity index (χ4n) is 2.81. The first kappa shape index (κ1) is 19.4. The van der Waals surface area contributed by atoms with Crippen LogP contribution in [0, 0.1) is 24.0 Å². The van der Waals surface area contributed by atoms with E-state index < -0.39 is 20.5 Å². The Labute approximate surface area is 161 Å². The fraction of sp³-hybridized carbons (Fsp3) is 0.100. The number of aryl methyl sites for hydroxylation is 2. The van der Waals surface area contributed by atoms with E-state index in [4.69, 9.17) is 4.74 Å². The molecule has 0 bridgehead atoms. The predicted octanol–water partition coefficient (Wildman–Crippen LogP) is 4.54. The Kier molecular flexibility index (Phi) is 5.06. The number of phenols is 1.